The summed E-state index contributed by atoms with van der Waals surface area (Å²) in [5.74, 6) is 0.0891. The van der Waals surface area contributed by atoms with Crippen LogP contribution in [0.25, 0.3) is 0 Å². The van der Waals surface area contributed by atoms with E-state index in [1.165, 1.54) is 22.5 Å². The first-order valence-electron chi connectivity index (χ1n) is 6.42. The Hall–Kier alpha value is -0.650. The van der Waals surface area contributed by atoms with Gasteiger partial charge in [-0.2, -0.15) is 0 Å². The Balaban J connectivity index is 1.98. The number of carbonyl (C=O) groups is 1. The molecule has 1 aliphatic heterocycles. The van der Waals surface area contributed by atoms with E-state index in [9.17, 15) is 4.79 Å². The first-order chi connectivity index (χ1) is 9.56. The van der Waals surface area contributed by atoms with Gasteiger partial charge in [-0.15, -0.1) is 11.3 Å². The molecule has 5 heteroatoms. The Morgan fingerprint density at radius 2 is 2.10 bits per heavy atom. The Morgan fingerprint density at radius 3 is 2.80 bits per heavy atom. The van der Waals surface area contributed by atoms with Crippen molar-refractivity contribution in [3.05, 3.63) is 48.5 Å². The molecule has 0 radical (unpaired) electrons. The maximum atomic E-state index is 12.7. The third kappa shape index (κ3) is 2.59. The van der Waals surface area contributed by atoms with Crippen LogP contribution in [0, 0.1) is 6.92 Å². The lowest BCUT2D eigenvalue weighted by Crippen LogP contribution is -2.35. The zero-order valence-electron chi connectivity index (χ0n) is 11.0. The number of amides is 1. The molecule has 104 valence electrons. The van der Waals surface area contributed by atoms with Gasteiger partial charge in [0.05, 0.1) is 8.66 Å². The zero-order valence-corrected chi connectivity index (χ0v) is 14.9. The minimum atomic E-state index is 0.0891. The maximum Gasteiger partial charge on any atom is 0.268 e. The van der Waals surface area contributed by atoms with Crippen LogP contribution in [0.1, 0.15) is 27.2 Å². The number of thiophene rings is 1. The molecule has 2 nitrogen and oxygen atoms in total. The number of anilines is 1. The van der Waals surface area contributed by atoms with Crippen LogP contribution < -0.4 is 4.90 Å². The number of nitrogens with zero attached hydrogens (tertiary/aromatic N) is 1. The lowest BCUT2D eigenvalue weighted by atomic mass is 9.99. The van der Waals surface area contributed by atoms with Gasteiger partial charge >= 0.3 is 0 Å². The van der Waals surface area contributed by atoms with Gasteiger partial charge in [-0.05, 0) is 69.3 Å². The Morgan fingerprint density at radius 1 is 1.30 bits per heavy atom. The second-order valence-electron chi connectivity index (χ2n) is 4.92. The number of hydrogen-bond acceptors (Lipinski definition) is 2. The molecule has 2 heterocycles. The molecule has 0 saturated heterocycles. The molecule has 1 aromatic heterocycles. The van der Waals surface area contributed by atoms with Crippen molar-refractivity contribution >= 4 is 54.8 Å². The minimum absolute atomic E-state index is 0.0891. The summed E-state index contributed by atoms with van der Waals surface area (Å²) in [6.07, 6.45) is 2.08. The van der Waals surface area contributed by atoms with E-state index >= 15 is 0 Å². The summed E-state index contributed by atoms with van der Waals surface area (Å²) in [5, 5.41) is 0. The monoisotopic (exact) mass is 413 g/mol. The second kappa shape index (κ2) is 5.62. The van der Waals surface area contributed by atoms with Crippen LogP contribution in [0.15, 0.2) is 32.5 Å². The lowest BCUT2D eigenvalue weighted by Gasteiger charge is -2.29. The fourth-order valence-corrected chi connectivity index (χ4v) is 4.51. The number of hydrogen-bond donors (Lipinski definition) is 0. The maximum absolute atomic E-state index is 12.7. The summed E-state index contributed by atoms with van der Waals surface area (Å²) >= 11 is 8.37. The highest BCUT2D eigenvalue weighted by Crippen LogP contribution is 2.35. The first-order valence-corrected chi connectivity index (χ1v) is 8.83. The van der Waals surface area contributed by atoms with Crippen molar-refractivity contribution in [1.82, 2.24) is 0 Å². The molecule has 0 saturated carbocycles. The van der Waals surface area contributed by atoms with E-state index in [0.29, 0.717) is 0 Å². The van der Waals surface area contributed by atoms with Gasteiger partial charge in [-0.3, -0.25) is 4.79 Å². The van der Waals surface area contributed by atoms with E-state index in [2.05, 4.69) is 57.0 Å². The van der Waals surface area contributed by atoms with Gasteiger partial charge < -0.3 is 4.90 Å². The number of fused-ring (bicyclic) bond motifs is 1. The molecule has 20 heavy (non-hydrogen) atoms. The number of carbonyl (C=O) groups excluding carboxylic acids is 1. The SMILES string of the molecule is Cc1ccc2c(c1)CCCN2C(=O)c1cc(Br)c(Br)s1. The predicted molar refractivity (Wildman–Crippen MR) is 90.9 cm³/mol. The number of benzene rings is 1. The zero-order chi connectivity index (χ0) is 14.3. The summed E-state index contributed by atoms with van der Waals surface area (Å²) in [7, 11) is 0. The minimum Gasteiger partial charge on any atom is -0.307 e. The smallest absolute Gasteiger partial charge is 0.268 e. The number of aryl methyl sites for hydroxylation is 2. The summed E-state index contributed by atoms with van der Waals surface area (Å²) in [4.78, 5) is 15.4. The second-order valence-corrected chi connectivity index (χ2v) is 8.15. The molecule has 1 amide bonds. The normalized spacial score (nSPS) is 14.2. The average Bonchev–Trinajstić information content (AvgIpc) is 2.77. The van der Waals surface area contributed by atoms with Crippen molar-refractivity contribution < 1.29 is 4.79 Å². The van der Waals surface area contributed by atoms with Gasteiger partial charge in [0.1, 0.15) is 0 Å². The number of rotatable bonds is 1. The predicted octanol–water partition coefficient (Wildman–Crippen LogP) is 5.17. The third-order valence-corrected chi connectivity index (χ3v) is 6.70. The van der Waals surface area contributed by atoms with Crippen molar-refractivity contribution in [3.8, 4) is 0 Å². The molecule has 0 N–H and O–H groups in total. The van der Waals surface area contributed by atoms with Crippen molar-refractivity contribution in [1.29, 1.82) is 0 Å². The van der Waals surface area contributed by atoms with E-state index in [4.69, 9.17) is 0 Å². The van der Waals surface area contributed by atoms with Gasteiger partial charge in [-0.1, -0.05) is 17.7 Å². The molecule has 0 bridgehead atoms. The van der Waals surface area contributed by atoms with Crippen molar-refractivity contribution in [2.45, 2.75) is 19.8 Å². The van der Waals surface area contributed by atoms with Crippen LogP contribution >= 0.6 is 43.2 Å². The van der Waals surface area contributed by atoms with E-state index in [-0.39, 0.29) is 5.91 Å². The Bertz CT molecular complexity index is 661. The largest absolute Gasteiger partial charge is 0.307 e. The number of halogens is 2. The van der Waals surface area contributed by atoms with Crippen LogP contribution in [-0.2, 0) is 6.42 Å². The molecule has 3 rings (SSSR count). The van der Waals surface area contributed by atoms with Gasteiger partial charge in [-0.25, -0.2) is 0 Å². The van der Waals surface area contributed by atoms with Crippen LogP contribution in [-0.4, -0.2) is 12.5 Å². The molecular formula is C15H13Br2NOS. The summed E-state index contributed by atoms with van der Waals surface area (Å²) < 4.78 is 1.90. The third-order valence-electron chi connectivity index (χ3n) is 3.45. The van der Waals surface area contributed by atoms with E-state index in [1.54, 1.807) is 0 Å². The van der Waals surface area contributed by atoms with Crippen molar-refractivity contribution in [2.75, 3.05) is 11.4 Å². The highest BCUT2D eigenvalue weighted by Gasteiger charge is 2.25. The van der Waals surface area contributed by atoms with Crippen LogP contribution in [0.2, 0.25) is 0 Å². The van der Waals surface area contributed by atoms with Crippen molar-refractivity contribution in [3.63, 3.8) is 0 Å². The van der Waals surface area contributed by atoms with Crippen LogP contribution in [0.3, 0.4) is 0 Å². The standard InChI is InChI=1S/C15H13Br2NOS/c1-9-4-5-12-10(7-9)3-2-6-18(12)15(19)13-8-11(16)14(17)20-13/h4-5,7-8H,2-3,6H2,1H3. The molecule has 0 aliphatic carbocycles. The van der Waals surface area contributed by atoms with Gasteiger partial charge in [0, 0.05) is 16.7 Å². The molecule has 0 atom stereocenters. The van der Waals surface area contributed by atoms with E-state index < -0.39 is 0 Å². The van der Waals surface area contributed by atoms with E-state index in [1.807, 2.05) is 11.0 Å². The molecule has 1 aliphatic rings. The fraction of sp³-hybridized carbons (Fsp3) is 0.267. The Labute approximate surface area is 139 Å². The van der Waals surface area contributed by atoms with Crippen LogP contribution in [0.4, 0.5) is 5.69 Å². The highest BCUT2D eigenvalue weighted by atomic mass is 79.9. The first kappa shape index (κ1) is 14.3. The quantitative estimate of drug-likeness (QED) is 0.629. The summed E-state index contributed by atoms with van der Waals surface area (Å²) in [5.41, 5.74) is 3.59. The van der Waals surface area contributed by atoms with Crippen LogP contribution in [0.5, 0.6) is 0 Å². The van der Waals surface area contributed by atoms with Crippen molar-refractivity contribution in [2.24, 2.45) is 0 Å². The topological polar surface area (TPSA) is 20.3 Å². The van der Waals surface area contributed by atoms with Gasteiger partial charge in [0.25, 0.3) is 5.91 Å². The van der Waals surface area contributed by atoms with Gasteiger partial charge in [0.2, 0.25) is 0 Å². The van der Waals surface area contributed by atoms with Gasteiger partial charge in [0.15, 0.2) is 0 Å². The highest BCUT2D eigenvalue weighted by molar-refractivity contribution is 9.13. The lowest BCUT2D eigenvalue weighted by molar-refractivity contribution is 0.0989. The molecule has 0 fully saturated rings. The fourth-order valence-electron chi connectivity index (χ4n) is 2.52. The molecular weight excluding hydrogens is 402 g/mol. The summed E-state index contributed by atoms with van der Waals surface area (Å²) in [6, 6.07) is 8.22. The molecule has 0 unspecified atom stereocenters. The molecule has 0 spiro atoms. The molecule has 2 aromatic rings. The average molecular weight is 415 g/mol. The van der Waals surface area contributed by atoms with E-state index in [0.717, 1.165) is 38.2 Å². The molecule has 1 aromatic carbocycles. The summed E-state index contributed by atoms with van der Waals surface area (Å²) in [6.45, 7) is 2.89. The Kier molecular flexibility index (Phi) is 4.02.